The summed E-state index contributed by atoms with van der Waals surface area (Å²) in [6.45, 7) is -3.07. The number of halogens is 2. The molecular formula is C8H6F2N4O3. The molecule has 0 aromatic carbocycles. The first-order valence-corrected chi connectivity index (χ1v) is 4.43. The van der Waals surface area contributed by atoms with E-state index in [1.807, 2.05) is 0 Å². The van der Waals surface area contributed by atoms with Crippen molar-refractivity contribution in [3.63, 3.8) is 0 Å². The molecule has 2 rings (SSSR count). The fraction of sp³-hybridized carbons (Fsp3) is 0.250. The van der Waals surface area contributed by atoms with Crippen molar-refractivity contribution >= 4 is 16.9 Å². The molecule has 0 saturated heterocycles. The molecule has 2 heterocycles. The predicted octanol–water partition coefficient (Wildman–Crippen LogP) is 1.04. The third kappa shape index (κ3) is 1.55. The lowest BCUT2D eigenvalue weighted by Crippen LogP contribution is -2.22. The van der Waals surface area contributed by atoms with Crippen LogP contribution in [-0.2, 0) is 7.05 Å². The van der Waals surface area contributed by atoms with Gasteiger partial charge in [0.05, 0.1) is 4.92 Å². The van der Waals surface area contributed by atoms with E-state index in [9.17, 15) is 23.7 Å². The first kappa shape index (κ1) is 11.2. The smallest absolute Gasteiger partial charge is 0.279 e. The number of aromatic nitrogens is 3. The van der Waals surface area contributed by atoms with E-state index >= 15 is 0 Å². The van der Waals surface area contributed by atoms with Crippen LogP contribution >= 0.6 is 0 Å². The minimum Gasteiger partial charge on any atom is -0.279 e. The van der Waals surface area contributed by atoms with Crippen molar-refractivity contribution in [1.29, 1.82) is 0 Å². The normalized spacial score (nSPS) is 11.3. The summed E-state index contributed by atoms with van der Waals surface area (Å²) in [6.07, 6.45) is 0.914. The zero-order valence-electron chi connectivity index (χ0n) is 8.50. The van der Waals surface area contributed by atoms with E-state index in [1.54, 1.807) is 0 Å². The number of rotatable bonds is 2. The van der Waals surface area contributed by atoms with Gasteiger partial charge in [-0.1, -0.05) is 0 Å². The first-order chi connectivity index (χ1) is 7.93. The monoisotopic (exact) mass is 244 g/mol. The number of pyridine rings is 1. The van der Waals surface area contributed by atoms with Gasteiger partial charge in [0.15, 0.2) is 5.65 Å². The molecule has 0 fully saturated rings. The molecule has 7 nitrogen and oxygen atoms in total. The van der Waals surface area contributed by atoms with E-state index in [0.29, 0.717) is 0 Å². The number of aryl methyl sites for hydroxylation is 1. The van der Waals surface area contributed by atoms with Crippen LogP contribution in [0.1, 0.15) is 6.55 Å². The van der Waals surface area contributed by atoms with Crippen LogP contribution in [0.5, 0.6) is 0 Å². The van der Waals surface area contributed by atoms with Gasteiger partial charge in [-0.25, -0.2) is 14.3 Å². The quantitative estimate of drug-likeness (QED) is 0.583. The summed E-state index contributed by atoms with van der Waals surface area (Å²) < 4.78 is 26.4. The highest BCUT2D eigenvalue weighted by Crippen LogP contribution is 2.20. The van der Waals surface area contributed by atoms with Crippen LogP contribution in [-0.4, -0.2) is 19.0 Å². The number of nitrogens with zero attached hydrogens (tertiary/aromatic N) is 4. The van der Waals surface area contributed by atoms with Crippen molar-refractivity contribution < 1.29 is 13.7 Å². The maximum atomic E-state index is 12.7. The van der Waals surface area contributed by atoms with Crippen molar-refractivity contribution in [2.45, 2.75) is 6.55 Å². The number of hydrogen-bond acceptors (Lipinski definition) is 4. The summed E-state index contributed by atoms with van der Waals surface area (Å²) in [6, 6.07) is 0.899. The van der Waals surface area contributed by atoms with Crippen LogP contribution in [0.15, 0.2) is 17.1 Å². The molecule has 0 aliphatic rings. The second-order valence-corrected chi connectivity index (χ2v) is 3.28. The minimum atomic E-state index is -3.07. The largest absolute Gasteiger partial charge is 0.334 e. The Hall–Kier alpha value is -2.32. The van der Waals surface area contributed by atoms with E-state index in [-0.39, 0.29) is 15.7 Å². The van der Waals surface area contributed by atoms with Crippen molar-refractivity contribution in [1.82, 2.24) is 14.1 Å². The van der Waals surface area contributed by atoms with E-state index in [0.717, 1.165) is 16.8 Å². The molecule has 2 aromatic heterocycles. The molecule has 0 amide bonds. The summed E-state index contributed by atoms with van der Waals surface area (Å²) >= 11 is 0. The zero-order chi connectivity index (χ0) is 12.7. The Morgan fingerprint density at radius 1 is 1.53 bits per heavy atom. The summed E-state index contributed by atoms with van der Waals surface area (Å²) in [5.41, 5.74) is -1.71. The van der Waals surface area contributed by atoms with Gasteiger partial charge in [-0.3, -0.25) is 14.7 Å². The van der Waals surface area contributed by atoms with E-state index in [4.69, 9.17) is 0 Å². The summed E-state index contributed by atoms with van der Waals surface area (Å²) in [5.74, 6) is 0. The molecule has 0 aliphatic carbocycles. The van der Waals surface area contributed by atoms with Gasteiger partial charge in [-0.05, 0) is 0 Å². The Bertz CT molecular complexity index is 661. The molecule has 17 heavy (non-hydrogen) atoms. The van der Waals surface area contributed by atoms with E-state index in [1.165, 1.54) is 7.05 Å². The lowest BCUT2D eigenvalue weighted by molar-refractivity contribution is -0.385. The molecular weight excluding hydrogens is 238 g/mol. The summed E-state index contributed by atoms with van der Waals surface area (Å²) in [7, 11) is 1.27. The topological polar surface area (TPSA) is 83.0 Å². The molecule has 0 N–H and O–H groups in total. The number of imidazole rings is 1. The fourth-order valence-electron chi connectivity index (χ4n) is 1.51. The maximum absolute atomic E-state index is 12.7. The standard InChI is InChI=1S/C8H6F2N4O3/c1-12-6-5(13(7(9)10)8(12)15)2-4(3-11-6)14(16)17/h2-3,7H,1H3. The van der Waals surface area contributed by atoms with Crippen molar-refractivity contribution in [3.05, 3.63) is 32.9 Å². The molecule has 0 unspecified atom stereocenters. The summed E-state index contributed by atoms with van der Waals surface area (Å²) in [5, 5.41) is 10.5. The van der Waals surface area contributed by atoms with Crippen molar-refractivity contribution in [2.24, 2.45) is 7.05 Å². The molecule has 0 spiro atoms. The van der Waals surface area contributed by atoms with Crippen LogP contribution < -0.4 is 5.69 Å². The molecule has 2 aromatic rings. The molecule has 9 heteroatoms. The van der Waals surface area contributed by atoms with Gasteiger partial charge in [0.25, 0.3) is 5.69 Å². The van der Waals surface area contributed by atoms with E-state index in [2.05, 4.69) is 4.98 Å². The Labute approximate surface area is 92.1 Å². The molecule has 0 saturated carbocycles. The third-order valence-electron chi connectivity index (χ3n) is 2.31. The Kier molecular flexibility index (Phi) is 2.37. The Morgan fingerprint density at radius 2 is 2.18 bits per heavy atom. The third-order valence-corrected chi connectivity index (χ3v) is 2.31. The lowest BCUT2D eigenvalue weighted by Gasteiger charge is -1.99. The maximum Gasteiger partial charge on any atom is 0.334 e. The Balaban J connectivity index is 2.88. The second-order valence-electron chi connectivity index (χ2n) is 3.28. The molecule has 90 valence electrons. The van der Waals surface area contributed by atoms with Crippen LogP contribution in [0.4, 0.5) is 14.5 Å². The molecule has 0 aliphatic heterocycles. The molecule has 0 bridgehead atoms. The highest BCUT2D eigenvalue weighted by atomic mass is 19.3. The fourth-order valence-corrected chi connectivity index (χ4v) is 1.51. The SMILES string of the molecule is Cn1c(=O)n(C(F)F)c2cc([N+](=O)[O-])cnc21. The highest BCUT2D eigenvalue weighted by Gasteiger charge is 2.20. The van der Waals surface area contributed by atoms with Crippen molar-refractivity contribution in [3.8, 4) is 0 Å². The Morgan fingerprint density at radius 3 is 2.71 bits per heavy atom. The van der Waals surface area contributed by atoms with Crippen LogP contribution in [0.3, 0.4) is 0 Å². The van der Waals surface area contributed by atoms with Crippen LogP contribution in [0.2, 0.25) is 0 Å². The van der Waals surface area contributed by atoms with Gasteiger partial charge in [-0.2, -0.15) is 8.78 Å². The summed E-state index contributed by atoms with van der Waals surface area (Å²) in [4.78, 5) is 24.8. The van der Waals surface area contributed by atoms with Crippen LogP contribution in [0, 0.1) is 10.1 Å². The first-order valence-electron chi connectivity index (χ1n) is 4.43. The number of alkyl halides is 2. The van der Waals surface area contributed by atoms with Crippen molar-refractivity contribution in [2.75, 3.05) is 0 Å². The predicted molar refractivity (Wildman–Crippen MR) is 52.9 cm³/mol. The van der Waals surface area contributed by atoms with Gasteiger partial charge in [0, 0.05) is 13.1 Å². The highest BCUT2D eigenvalue weighted by molar-refractivity contribution is 5.74. The van der Waals surface area contributed by atoms with Gasteiger partial charge in [0.2, 0.25) is 0 Å². The minimum absolute atomic E-state index is 0.0269. The van der Waals surface area contributed by atoms with Gasteiger partial charge in [0.1, 0.15) is 11.7 Å². The van der Waals surface area contributed by atoms with E-state index < -0.39 is 22.8 Å². The number of hydrogen-bond donors (Lipinski definition) is 0. The second kappa shape index (κ2) is 3.61. The zero-order valence-corrected chi connectivity index (χ0v) is 8.50. The lowest BCUT2D eigenvalue weighted by atomic mass is 10.4. The average Bonchev–Trinajstić information content (AvgIpc) is 2.51. The average molecular weight is 244 g/mol. The van der Waals surface area contributed by atoms with Gasteiger partial charge >= 0.3 is 12.2 Å². The van der Waals surface area contributed by atoms with Crippen LogP contribution in [0.25, 0.3) is 11.2 Å². The van der Waals surface area contributed by atoms with Gasteiger partial charge in [-0.15, -0.1) is 0 Å². The van der Waals surface area contributed by atoms with Gasteiger partial charge < -0.3 is 0 Å². The number of fused-ring (bicyclic) bond motifs is 1. The number of nitro groups is 1. The molecule has 0 radical (unpaired) electrons. The molecule has 0 atom stereocenters.